The van der Waals surface area contributed by atoms with Crippen molar-refractivity contribution in [2.24, 2.45) is 11.7 Å². The molecule has 1 aliphatic rings. The summed E-state index contributed by atoms with van der Waals surface area (Å²) < 4.78 is 0. The fourth-order valence-corrected chi connectivity index (χ4v) is 2.78. The van der Waals surface area contributed by atoms with Crippen LogP contribution in [0.4, 0.5) is 0 Å². The van der Waals surface area contributed by atoms with E-state index in [1.165, 1.54) is 19.3 Å². The molecule has 4 heteroatoms. The Balaban J connectivity index is 0.00000200. The van der Waals surface area contributed by atoms with Crippen molar-refractivity contribution in [3.63, 3.8) is 0 Å². The quantitative estimate of drug-likeness (QED) is 0.896. The van der Waals surface area contributed by atoms with Crippen LogP contribution in [0, 0.1) is 5.92 Å². The van der Waals surface area contributed by atoms with Gasteiger partial charge in [0.25, 0.3) is 5.91 Å². The first kappa shape index (κ1) is 17.0. The number of carbonyl (C=O) groups excluding carboxylic acids is 1. The largest absolute Gasteiger partial charge is 0.349 e. The van der Waals surface area contributed by atoms with Crippen molar-refractivity contribution in [3.8, 4) is 0 Å². The van der Waals surface area contributed by atoms with Crippen LogP contribution in [0.2, 0.25) is 0 Å². The van der Waals surface area contributed by atoms with Gasteiger partial charge in [-0.15, -0.1) is 12.4 Å². The topological polar surface area (TPSA) is 55.1 Å². The molecule has 0 aliphatic heterocycles. The molecule has 0 aromatic heterocycles. The minimum atomic E-state index is 0. The van der Waals surface area contributed by atoms with Crippen LogP contribution in [0.15, 0.2) is 24.3 Å². The summed E-state index contributed by atoms with van der Waals surface area (Å²) in [6.45, 7) is 2.77. The molecule has 1 aromatic carbocycles. The van der Waals surface area contributed by atoms with Crippen molar-refractivity contribution >= 4 is 18.3 Å². The first-order valence-electron chi connectivity index (χ1n) is 7.32. The van der Waals surface area contributed by atoms with Crippen molar-refractivity contribution in [3.05, 3.63) is 35.4 Å². The Labute approximate surface area is 127 Å². The number of hydrogen-bond donors (Lipinski definition) is 2. The van der Waals surface area contributed by atoms with Gasteiger partial charge in [0.15, 0.2) is 0 Å². The standard InChI is InChI=1S/C16H24N2O.ClH/c1-2-12-5-9-15(10-6-12)18-16(19)14-7-3-13(11-17)4-8-14;/h3-4,7-8,12,15H,2,5-6,9-11,17H2,1H3,(H,18,19);1H. The Kier molecular flexibility index (Phi) is 7.03. The molecule has 0 bridgehead atoms. The highest BCUT2D eigenvalue weighted by Gasteiger charge is 2.21. The van der Waals surface area contributed by atoms with Crippen LogP contribution in [-0.2, 0) is 6.54 Å². The normalized spacial score (nSPS) is 21.9. The molecule has 3 nitrogen and oxygen atoms in total. The number of hydrogen-bond acceptors (Lipinski definition) is 2. The average Bonchev–Trinajstić information content (AvgIpc) is 2.48. The number of carbonyl (C=O) groups is 1. The van der Waals surface area contributed by atoms with Gasteiger partial charge in [0.1, 0.15) is 0 Å². The van der Waals surface area contributed by atoms with Crippen molar-refractivity contribution in [1.82, 2.24) is 5.32 Å². The van der Waals surface area contributed by atoms with E-state index in [1.54, 1.807) is 0 Å². The zero-order chi connectivity index (χ0) is 13.7. The molecular weight excluding hydrogens is 272 g/mol. The lowest BCUT2D eigenvalue weighted by molar-refractivity contribution is 0.0921. The fourth-order valence-electron chi connectivity index (χ4n) is 2.78. The van der Waals surface area contributed by atoms with Gasteiger partial charge < -0.3 is 11.1 Å². The summed E-state index contributed by atoms with van der Waals surface area (Å²) in [5.74, 6) is 0.903. The molecule has 0 atom stereocenters. The predicted octanol–water partition coefficient (Wildman–Crippen LogP) is 3.27. The van der Waals surface area contributed by atoms with E-state index >= 15 is 0 Å². The molecule has 2 rings (SSSR count). The van der Waals surface area contributed by atoms with Gasteiger partial charge in [0.2, 0.25) is 0 Å². The summed E-state index contributed by atoms with van der Waals surface area (Å²) in [4.78, 5) is 12.1. The highest BCUT2D eigenvalue weighted by molar-refractivity contribution is 5.94. The van der Waals surface area contributed by atoms with Gasteiger partial charge in [-0.2, -0.15) is 0 Å². The zero-order valence-electron chi connectivity index (χ0n) is 12.1. The van der Waals surface area contributed by atoms with Crippen LogP contribution in [0.25, 0.3) is 0 Å². The maximum absolute atomic E-state index is 12.1. The lowest BCUT2D eigenvalue weighted by Crippen LogP contribution is -2.37. The summed E-state index contributed by atoms with van der Waals surface area (Å²) in [6, 6.07) is 7.90. The summed E-state index contributed by atoms with van der Waals surface area (Å²) in [7, 11) is 0. The summed E-state index contributed by atoms with van der Waals surface area (Å²) in [5.41, 5.74) is 7.34. The molecule has 0 saturated heterocycles. The molecule has 3 N–H and O–H groups in total. The number of amides is 1. The Bertz CT molecular complexity index is 411. The SMILES string of the molecule is CCC1CCC(NC(=O)c2ccc(CN)cc2)CC1.Cl. The van der Waals surface area contributed by atoms with Crippen molar-refractivity contribution < 1.29 is 4.79 Å². The summed E-state index contributed by atoms with van der Waals surface area (Å²) in [5, 5.41) is 3.15. The Morgan fingerprint density at radius 3 is 2.30 bits per heavy atom. The molecule has 0 radical (unpaired) electrons. The molecule has 1 saturated carbocycles. The molecule has 1 fully saturated rings. The fraction of sp³-hybridized carbons (Fsp3) is 0.562. The van der Waals surface area contributed by atoms with E-state index in [-0.39, 0.29) is 18.3 Å². The summed E-state index contributed by atoms with van der Waals surface area (Å²) >= 11 is 0. The van der Waals surface area contributed by atoms with Crippen LogP contribution >= 0.6 is 12.4 Å². The zero-order valence-corrected chi connectivity index (χ0v) is 12.9. The van der Waals surface area contributed by atoms with E-state index in [2.05, 4.69) is 12.2 Å². The highest BCUT2D eigenvalue weighted by Crippen LogP contribution is 2.26. The van der Waals surface area contributed by atoms with Gasteiger partial charge in [0.05, 0.1) is 0 Å². The van der Waals surface area contributed by atoms with Gasteiger partial charge >= 0.3 is 0 Å². The third-order valence-corrected chi connectivity index (χ3v) is 4.21. The smallest absolute Gasteiger partial charge is 0.251 e. The lowest BCUT2D eigenvalue weighted by atomic mass is 9.84. The number of rotatable bonds is 4. The van der Waals surface area contributed by atoms with E-state index < -0.39 is 0 Å². The molecule has 0 unspecified atom stereocenters. The third kappa shape index (κ3) is 4.50. The van der Waals surface area contributed by atoms with E-state index in [0.29, 0.717) is 12.6 Å². The van der Waals surface area contributed by atoms with Crippen LogP contribution in [0.1, 0.15) is 54.9 Å². The van der Waals surface area contributed by atoms with Gasteiger partial charge in [-0.1, -0.05) is 25.5 Å². The third-order valence-electron chi connectivity index (χ3n) is 4.21. The summed E-state index contributed by atoms with van der Waals surface area (Å²) in [6.07, 6.45) is 5.98. The van der Waals surface area contributed by atoms with Crippen LogP contribution < -0.4 is 11.1 Å². The second kappa shape index (κ2) is 8.28. The van der Waals surface area contributed by atoms with Crippen LogP contribution in [0.3, 0.4) is 0 Å². The highest BCUT2D eigenvalue weighted by atomic mass is 35.5. The van der Waals surface area contributed by atoms with Gasteiger partial charge in [-0.25, -0.2) is 0 Å². The van der Waals surface area contributed by atoms with Crippen LogP contribution in [0.5, 0.6) is 0 Å². The molecule has 1 aromatic rings. The minimum absolute atomic E-state index is 0. The van der Waals surface area contributed by atoms with E-state index in [0.717, 1.165) is 29.9 Å². The molecular formula is C16H25ClN2O. The van der Waals surface area contributed by atoms with Gasteiger partial charge in [0, 0.05) is 18.2 Å². The number of nitrogens with two attached hydrogens (primary N) is 1. The van der Waals surface area contributed by atoms with Gasteiger partial charge in [-0.05, 0) is 49.3 Å². The molecule has 1 aliphatic carbocycles. The van der Waals surface area contributed by atoms with Crippen molar-refractivity contribution in [2.45, 2.75) is 51.6 Å². The Morgan fingerprint density at radius 2 is 1.80 bits per heavy atom. The second-order valence-electron chi connectivity index (χ2n) is 5.50. The molecule has 0 heterocycles. The van der Waals surface area contributed by atoms with E-state index in [9.17, 15) is 4.79 Å². The molecule has 1 amide bonds. The van der Waals surface area contributed by atoms with Crippen LogP contribution in [-0.4, -0.2) is 11.9 Å². The monoisotopic (exact) mass is 296 g/mol. The first-order valence-corrected chi connectivity index (χ1v) is 7.32. The maximum atomic E-state index is 12.1. The van der Waals surface area contributed by atoms with E-state index in [1.807, 2.05) is 24.3 Å². The second-order valence-corrected chi connectivity index (χ2v) is 5.50. The van der Waals surface area contributed by atoms with E-state index in [4.69, 9.17) is 5.73 Å². The molecule has 20 heavy (non-hydrogen) atoms. The number of nitrogens with one attached hydrogen (secondary N) is 1. The minimum Gasteiger partial charge on any atom is -0.349 e. The number of benzene rings is 1. The molecule has 112 valence electrons. The lowest BCUT2D eigenvalue weighted by Gasteiger charge is -2.28. The van der Waals surface area contributed by atoms with Crippen molar-refractivity contribution in [2.75, 3.05) is 0 Å². The first-order chi connectivity index (χ1) is 9.22. The van der Waals surface area contributed by atoms with Crippen molar-refractivity contribution in [1.29, 1.82) is 0 Å². The van der Waals surface area contributed by atoms with Gasteiger partial charge in [-0.3, -0.25) is 4.79 Å². The Hall–Kier alpha value is -1.06. The predicted molar refractivity (Wildman–Crippen MR) is 85.1 cm³/mol. The Morgan fingerprint density at radius 1 is 1.20 bits per heavy atom. The number of halogens is 1. The molecule has 0 spiro atoms. The average molecular weight is 297 g/mol. The maximum Gasteiger partial charge on any atom is 0.251 e.